The summed E-state index contributed by atoms with van der Waals surface area (Å²) in [7, 11) is 0. The number of amides is 2. The van der Waals surface area contributed by atoms with Crippen LogP contribution in [0.4, 0.5) is 10.5 Å². The van der Waals surface area contributed by atoms with Gasteiger partial charge in [0.2, 0.25) is 0 Å². The van der Waals surface area contributed by atoms with E-state index in [2.05, 4.69) is 10.6 Å². The van der Waals surface area contributed by atoms with E-state index < -0.39 is 5.54 Å². The SMILES string of the molecule is CC(C)(CCO)NC(=O)Nc1ccc(OC(C)(C)C)cc1. The van der Waals surface area contributed by atoms with Crippen molar-refractivity contribution in [3.05, 3.63) is 24.3 Å². The highest BCUT2D eigenvalue weighted by Crippen LogP contribution is 2.20. The fourth-order valence-electron chi connectivity index (χ4n) is 1.77. The maximum absolute atomic E-state index is 11.9. The molecule has 5 nitrogen and oxygen atoms in total. The third-order valence-corrected chi connectivity index (χ3v) is 2.72. The largest absolute Gasteiger partial charge is 0.488 e. The zero-order chi connectivity index (χ0) is 16.1. The van der Waals surface area contributed by atoms with E-state index in [0.29, 0.717) is 12.1 Å². The number of anilines is 1. The molecular weight excluding hydrogens is 268 g/mol. The first-order valence-electron chi connectivity index (χ1n) is 7.10. The second-order valence-electron chi connectivity index (χ2n) is 6.68. The van der Waals surface area contributed by atoms with Crippen molar-refractivity contribution in [3.63, 3.8) is 0 Å². The molecular formula is C16H26N2O3. The number of urea groups is 1. The molecule has 21 heavy (non-hydrogen) atoms. The summed E-state index contributed by atoms with van der Waals surface area (Å²) in [6.45, 7) is 9.71. The van der Waals surface area contributed by atoms with Crippen molar-refractivity contribution >= 4 is 11.7 Å². The van der Waals surface area contributed by atoms with E-state index in [0.717, 1.165) is 5.75 Å². The average molecular weight is 294 g/mol. The monoisotopic (exact) mass is 294 g/mol. The Morgan fingerprint density at radius 3 is 2.19 bits per heavy atom. The molecule has 0 heterocycles. The van der Waals surface area contributed by atoms with Gasteiger partial charge in [-0.3, -0.25) is 0 Å². The molecule has 3 N–H and O–H groups in total. The van der Waals surface area contributed by atoms with E-state index in [1.807, 2.05) is 46.8 Å². The molecule has 1 aromatic carbocycles. The lowest BCUT2D eigenvalue weighted by atomic mass is 10.0. The first-order valence-corrected chi connectivity index (χ1v) is 7.10. The lowest BCUT2D eigenvalue weighted by Crippen LogP contribution is -2.46. The number of benzene rings is 1. The molecule has 2 amide bonds. The Morgan fingerprint density at radius 2 is 1.71 bits per heavy atom. The van der Waals surface area contributed by atoms with Gasteiger partial charge in [-0.25, -0.2) is 4.79 Å². The van der Waals surface area contributed by atoms with Crippen molar-refractivity contribution in [3.8, 4) is 5.75 Å². The van der Waals surface area contributed by atoms with Crippen molar-refractivity contribution < 1.29 is 14.6 Å². The first-order chi connectivity index (χ1) is 9.61. The molecule has 5 heteroatoms. The van der Waals surface area contributed by atoms with Crippen LogP contribution in [0.5, 0.6) is 5.75 Å². The number of hydrogen-bond donors (Lipinski definition) is 3. The minimum Gasteiger partial charge on any atom is -0.488 e. The Morgan fingerprint density at radius 1 is 1.14 bits per heavy atom. The van der Waals surface area contributed by atoms with Crippen LogP contribution < -0.4 is 15.4 Å². The van der Waals surface area contributed by atoms with E-state index in [-0.39, 0.29) is 18.2 Å². The standard InChI is InChI=1S/C16H26N2O3/c1-15(2,3)21-13-8-6-12(7-9-13)17-14(20)18-16(4,5)10-11-19/h6-9,19H,10-11H2,1-5H3,(H2,17,18,20). The van der Waals surface area contributed by atoms with E-state index in [4.69, 9.17) is 9.84 Å². The minimum atomic E-state index is -0.450. The van der Waals surface area contributed by atoms with Gasteiger partial charge in [-0.1, -0.05) is 0 Å². The summed E-state index contributed by atoms with van der Waals surface area (Å²) in [4.78, 5) is 11.9. The number of carbonyl (C=O) groups is 1. The number of carbonyl (C=O) groups excluding carboxylic acids is 1. The lowest BCUT2D eigenvalue weighted by Gasteiger charge is -2.25. The number of aliphatic hydroxyl groups is 1. The third-order valence-electron chi connectivity index (χ3n) is 2.72. The van der Waals surface area contributed by atoms with Crippen LogP contribution in [0.1, 0.15) is 41.0 Å². The van der Waals surface area contributed by atoms with Gasteiger partial charge >= 0.3 is 6.03 Å². The molecule has 118 valence electrons. The lowest BCUT2D eigenvalue weighted by molar-refractivity contribution is 0.131. The summed E-state index contributed by atoms with van der Waals surface area (Å²) < 4.78 is 5.72. The summed E-state index contributed by atoms with van der Waals surface area (Å²) in [6, 6.07) is 6.93. The molecule has 0 aromatic heterocycles. The molecule has 0 spiro atoms. The summed E-state index contributed by atoms with van der Waals surface area (Å²) in [6.07, 6.45) is 0.499. The molecule has 0 saturated heterocycles. The van der Waals surface area contributed by atoms with Gasteiger partial charge < -0.3 is 20.5 Å². The number of ether oxygens (including phenoxy) is 1. The van der Waals surface area contributed by atoms with Crippen LogP contribution in [0.15, 0.2) is 24.3 Å². The Balaban J connectivity index is 2.58. The molecule has 0 atom stereocenters. The van der Waals surface area contributed by atoms with E-state index in [1.54, 1.807) is 12.1 Å². The predicted octanol–water partition coefficient (Wildman–Crippen LogP) is 3.15. The molecule has 0 bridgehead atoms. The maximum atomic E-state index is 11.9. The predicted molar refractivity (Wildman–Crippen MR) is 84.8 cm³/mol. The molecule has 0 radical (unpaired) electrons. The van der Waals surface area contributed by atoms with Gasteiger partial charge in [-0.2, -0.15) is 0 Å². The zero-order valence-electron chi connectivity index (χ0n) is 13.5. The molecule has 0 unspecified atom stereocenters. The van der Waals surface area contributed by atoms with Gasteiger partial charge in [0, 0.05) is 17.8 Å². The highest BCUT2D eigenvalue weighted by Gasteiger charge is 2.19. The van der Waals surface area contributed by atoms with Crippen LogP contribution in [0, 0.1) is 0 Å². The van der Waals surface area contributed by atoms with Crippen LogP contribution in [0.25, 0.3) is 0 Å². The highest BCUT2D eigenvalue weighted by molar-refractivity contribution is 5.89. The van der Waals surface area contributed by atoms with E-state index in [9.17, 15) is 4.79 Å². The quantitative estimate of drug-likeness (QED) is 0.781. The molecule has 0 aliphatic heterocycles. The van der Waals surface area contributed by atoms with Crippen LogP contribution in [-0.2, 0) is 0 Å². The normalized spacial score (nSPS) is 11.9. The summed E-state index contributed by atoms with van der Waals surface area (Å²) >= 11 is 0. The summed E-state index contributed by atoms with van der Waals surface area (Å²) in [5.74, 6) is 0.758. The van der Waals surface area contributed by atoms with Crippen LogP contribution >= 0.6 is 0 Å². The fraction of sp³-hybridized carbons (Fsp3) is 0.562. The molecule has 0 saturated carbocycles. The summed E-state index contributed by atoms with van der Waals surface area (Å²) in [5, 5.41) is 14.5. The smallest absolute Gasteiger partial charge is 0.319 e. The molecule has 1 aromatic rings. The molecule has 0 aliphatic carbocycles. The van der Waals surface area contributed by atoms with Gasteiger partial charge in [-0.15, -0.1) is 0 Å². The van der Waals surface area contributed by atoms with Crippen molar-refractivity contribution in [2.45, 2.75) is 52.2 Å². The Labute approximate surface area is 126 Å². The fourth-order valence-corrected chi connectivity index (χ4v) is 1.77. The highest BCUT2D eigenvalue weighted by atomic mass is 16.5. The van der Waals surface area contributed by atoms with Crippen LogP contribution in [-0.4, -0.2) is 28.9 Å². The maximum Gasteiger partial charge on any atom is 0.319 e. The number of nitrogens with one attached hydrogen (secondary N) is 2. The van der Waals surface area contributed by atoms with Gasteiger partial charge in [0.1, 0.15) is 11.4 Å². The molecule has 1 rings (SSSR count). The molecule has 0 fully saturated rings. The topological polar surface area (TPSA) is 70.6 Å². The van der Waals surface area contributed by atoms with Crippen molar-refractivity contribution in [1.29, 1.82) is 0 Å². The second-order valence-corrected chi connectivity index (χ2v) is 6.68. The molecule has 0 aliphatic rings. The van der Waals surface area contributed by atoms with E-state index in [1.165, 1.54) is 0 Å². The second kappa shape index (κ2) is 6.80. The Hall–Kier alpha value is -1.75. The van der Waals surface area contributed by atoms with Gasteiger partial charge in [0.25, 0.3) is 0 Å². The summed E-state index contributed by atoms with van der Waals surface area (Å²) in [5.41, 5.74) is -0.0112. The van der Waals surface area contributed by atoms with Gasteiger partial charge in [-0.05, 0) is 65.3 Å². The van der Waals surface area contributed by atoms with Crippen molar-refractivity contribution in [2.75, 3.05) is 11.9 Å². The Bertz CT molecular complexity index is 461. The minimum absolute atomic E-state index is 0.0338. The first kappa shape index (κ1) is 17.3. The third kappa shape index (κ3) is 6.99. The van der Waals surface area contributed by atoms with Crippen LogP contribution in [0.3, 0.4) is 0 Å². The van der Waals surface area contributed by atoms with Crippen molar-refractivity contribution in [2.24, 2.45) is 0 Å². The van der Waals surface area contributed by atoms with Crippen molar-refractivity contribution in [1.82, 2.24) is 5.32 Å². The number of aliphatic hydroxyl groups excluding tert-OH is 1. The van der Waals surface area contributed by atoms with E-state index >= 15 is 0 Å². The average Bonchev–Trinajstić information content (AvgIpc) is 2.28. The number of hydrogen-bond acceptors (Lipinski definition) is 3. The number of rotatable bonds is 5. The zero-order valence-corrected chi connectivity index (χ0v) is 13.5. The van der Waals surface area contributed by atoms with Gasteiger partial charge in [0.15, 0.2) is 0 Å². The van der Waals surface area contributed by atoms with Crippen LogP contribution in [0.2, 0.25) is 0 Å². The van der Waals surface area contributed by atoms with Gasteiger partial charge in [0.05, 0.1) is 0 Å². The Kier molecular flexibility index (Phi) is 5.61.